The lowest BCUT2D eigenvalue weighted by Gasteiger charge is -2.29. The molecule has 0 aliphatic carbocycles. The van der Waals surface area contributed by atoms with Gasteiger partial charge >= 0.3 is 0 Å². The zero-order chi connectivity index (χ0) is 23.6. The van der Waals surface area contributed by atoms with Crippen LogP contribution in [0.5, 0.6) is 5.75 Å². The molecule has 174 valence electrons. The molecule has 1 aliphatic rings. The third-order valence-electron chi connectivity index (χ3n) is 5.69. The number of hydrogen-bond acceptors (Lipinski definition) is 5. The van der Waals surface area contributed by atoms with Gasteiger partial charge in [0.25, 0.3) is 5.91 Å². The minimum Gasteiger partial charge on any atom is -0.494 e. The Morgan fingerprint density at radius 3 is 2.59 bits per heavy atom. The van der Waals surface area contributed by atoms with E-state index in [1.54, 1.807) is 19.2 Å². The SMILES string of the molecule is CNC(=O)C(NC(=O)c1nc(-c2ccc(F)c(OC)c2)n2c1CN(C)CCC2)C(C)(C)C. The Morgan fingerprint density at radius 2 is 1.97 bits per heavy atom. The fourth-order valence-electron chi connectivity index (χ4n) is 3.94. The van der Waals surface area contributed by atoms with Crippen molar-refractivity contribution in [3.63, 3.8) is 0 Å². The van der Waals surface area contributed by atoms with Crippen molar-refractivity contribution < 1.29 is 18.7 Å². The molecule has 9 heteroatoms. The number of carbonyl (C=O) groups excluding carboxylic acids is 2. The molecular weight excluding hydrogens is 413 g/mol. The van der Waals surface area contributed by atoms with Gasteiger partial charge in [-0.25, -0.2) is 9.37 Å². The van der Waals surface area contributed by atoms with Gasteiger partial charge in [-0.1, -0.05) is 20.8 Å². The maximum atomic E-state index is 14.0. The number of fused-ring (bicyclic) bond motifs is 1. The first kappa shape index (κ1) is 23.7. The molecule has 32 heavy (non-hydrogen) atoms. The predicted octanol–water partition coefficient (Wildman–Crippen LogP) is 2.42. The zero-order valence-corrected chi connectivity index (χ0v) is 19.6. The van der Waals surface area contributed by atoms with Crippen LogP contribution in [0.15, 0.2) is 18.2 Å². The summed E-state index contributed by atoms with van der Waals surface area (Å²) in [5.41, 5.74) is 1.21. The average Bonchev–Trinajstić information content (AvgIpc) is 2.97. The quantitative estimate of drug-likeness (QED) is 0.738. The van der Waals surface area contributed by atoms with E-state index >= 15 is 0 Å². The number of amides is 2. The predicted molar refractivity (Wildman–Crippen MR) is 120 cm³/mol. The van der Waals surface area contributed by atoms with E-state index in [1.165, 1.54) is 13.2 Å². The molecule has 2 N–H and O–H groups in total. The minimum absolute atomic E-state index is 0.115. The molecule has 0 bridgehead atoms. The molecule has 0 saturated heterocycles. The lowest BCUT2D eigenvalue weighted by molar-refractivity contribution is -0.124. The summed E-state index contributed by atoms with van der Waals surface area (Å²) in [6.45, 7) is 7.76. The third kappa shape index (κ3) is 4.77. The van der Waals surface area contributed by atoms with Crippen LogP contribution < -0.4 is 15.4 Å². The number of methoxy groups -OCH3 is 1. The number of ether oxygens (including phenoxy) is 1. The van der Waals surface area contributed by atoms with Gasteiger partial charge in [0.15, 0.2) is 17.3 Å². The van der Waals surface area contributed by atoms with E-state index in [-0.39, 0.29) is 17.4 Å². The molecule has 1 aromatic heterocycles. The number of nitrogens with one attached hydrogen (secondary N) is 2. The van der Waals surface area contributed by atoms with Crippen LogP contribution in [-0.4, -0.2) is 60.1 Å². The summed E-state index contributed by atoms with van der Waals surface area (Å²) in [5, 5.41) is 5.50. The molecule has 2 heterocycles. The number of benzene rings is 1. The van der Waals surface area contributed by atoms with Gasteiger partial charge in [-0.2, -0.15) is 0 Å². The fourth-order valence-corrected chi connectivity index (χ4v) is 3.94. The molecule has 2 aromatic rings. The van der Waals surface area contributed by atoms with Crippen molar-refractivity contribution in [3.8, 4) is 17.1 Å². The second-order valence-electron chi connectivity index (χ2n) is 9.21. The van der Waals surface area contributed by atoms with E-state index in [0.717, 1.165) is 18.7 Å². The molecule has 2 amide bonds. The highest BCUT2D eigenvalue weighted by Crippen LogP contribution is 2.30. The molecule has 0 radical (unpaired) electrons. The number of imidazole rings is 1. The van der Waals surface area contributed by atoms with Crippen LogP contribution in [-0.2, 0) is 17.9 Å². The minimum atomic E-state index is -0.727. The van der Waals surface area contributed by atoms with Crippen molar-refractivity contribution >= 4 is 11.8 Å². The third-order valence-corrected chi connectivity index (χ3v) is 5.69. The number of aromatic nitrogens is 2. The van der Waals surface area contributed by atoms with Gasteiger partial charge in [-0.3, -0.25) is 9.59 Å². The Balaban J connectivity index is 2.08. The van der Waals surface area contributed by atoms with Gasteiger partial charge in [-0.15, -0.1) is 0 Å². The number of hydrogen-bond donors (Lipinski definition) is 2. The molecule has 0 saturated carbocycles. The highest BCUT2D eigenvalue weighted by atomic mass is 19.1. The lowest BCUT2D eigenvalue weighted by atomic mass is 9.86. The first-order valence-electron chi connectivity index (χ1n) is 10.7. The first-order chi connectivity index (χ1) is 15.1. The summed E-state index contributed by atoms with van der Waals surface area (Å²) < 4.78 is 21.1. The second kappa shape index (κ2) is 9.28. The van der Waals surface area contributed by atoms with Crippen LogP contribution in [0.25, 0.3) is 11.4 Å². The summed E-state index contributed by atoms with van der Waals surface area (Å²) in [4.78, 5) is 32.6. The summed E-state index contributed by atoms with van der Waals surface area (Å²) in [5.74, 6) is -0.449. The summed E-state index contributed by atoms with van der Waals surface area (Å²) in [6, 6.07) is 3.82. The van der Waals surface area contributed by atoms with Crippen molar-refractivity contribution in [1.82, 2.24) is 25.1 Å². The number of likely N-dealkylation sites (N-methyl/N-ethyl adjacent to an activating group) is 1. The number of halogens is 1. The molecule has 1 unspecified atom stereocenters. The van der Waals surface area contributed by atoms with Gasteiger partial charge in [0.1, 0.15) is 11.9 Å². The van der Waals surface area contributed by atoms with Crippen molar-refractivity contribution in [1.29, 1.82) is 0 Å². The van der Waals surface area contributed by atoms with Crippen molar-refractivity contribution in [2.75, 3.05) is 27.7 Å². The van der Waals surface area contributed by atoms with Crippen molar-refractivity contribution in [3.05, 3.63) is 35.4 Å². The standard InChI is InChI=1S/C23H32FN5O3/c1-23(2,3)19(22(31)25-4)27-21(30)18-16-13-28(5)10-7-11-29(16)20(26-18)14-8-9-15(24)17(12-14)32-6/h8-9,12,19H,7,10-11,13H2,1-6H3,(H,25,31)(H,27,30). The largest absolute Gasteiger partial charge is 0.494 e. The molecule has 1 aliphatic heterocycles. The lowest BCUT2D eigenvalue weighted by Crippen LogP contribution is -2.53. The Kier molecular flexibility index (Phi) is 6.88. The maximum absolute atomic E-state index is 14.0. The summed E-state index contributed by atoms with van der Waals surface area (Å²) in [7, 11) is 4.95. The number of rotatable bonds is 5. The van der Waals surface area contributed by atoms with Crippen LogP contribution >= 0.6 is 0 Å². The molecule has 1 aromatic carbocycles. The maximum Gasteiger partial charge on any atom is 0.272 e. The Bertz CT molecular complexity index is 1010. The molecule has 1 atom stereocenters. The van der Waals surface area contributed by atoms with Gasteiger partial charge < -0.3 is 24.8 Å². The highest BCUT2D eigenvalue weighted by Gasteiger charge is 2.34. The van der Waals surface area contributed by atoms with E-state index in [2.05, 4.69) is 20.5 Å². The van der Waals surface area contributed by atoms with Crippen LogP contribution in [0.3, 0.4) is 0 Å². The number of nitrogens with zero attached hydrogens (tertiary/aromatic N) is 3. The second-order valence-corrected chi connectivity index (χ2v) is 9.21. The molecule has 3 rings (SSSR count). The van der Waals surface area contributed by atoms with Crippen LogP contribution in [0.1, 0.15) is 43.4 Å². The fraction of sp³-hybridized carbons (Fsp3) is 0.522. The van der Waals surface area contributed by atoms with Crippen LogP contribution in [0.4, 0.5) is 4.39 Å². The van der Waals surface area contributed by atoms with Gasteiger partial charge in [0.2, 0.25) is 5.91 Å². The molecule has 0 spiro atoms. The van der Waals surface area contributed by atoms with E-state index < -0.39 is 23.2 Å². The normalized spacial score (nSPS) is 15.5. The monoisotopic (exact) mass is 445 g/mol. The smallest absolute Gasteiger partial charge is 0.272 e. The van der Waals surface area contributed by atoms with Crippen molar-refractivity contribution in [2.24, 2.45) is 5.41 Å². The van der Waals surface area contributed by atoms with Crippen LogP contribution in [0, 0.1) is 11.2 Å². The van der Waals surface area contributed by atoms with Gasteiger partial charge in [0, 0.05) is 25.7 Å². The van der Waals surface area contributed by atoms with E-state index in [0.29, 0.717) is 24.5 Å². The Hall–Kier alpha value is -2.94. The molecule has 8 nitrogen and oxygen atoms in total. The summed E-state index contributed by atoms with van der Waals surface area (Å²) >= 11 is 0. The van der Waals surface area contributed by atoms with Crippen molar-refractivity contribution in [2.45, 2.75) is 46.3 Å². The highest BCUT2D eigenvalue weighted by molar-refractivity contribution is 5.97. The van der Waals surface area contributed by atoms with Gasteiger partial charge in [0.05, 0.1) is 12.8 Å². The van der Waals surface area contributed by atoms with Crippen LogP contribution in [0.2, 0.25) is 0 Å². The zero-order valence-electron chi connectivity index (χ0n) is 19.6. The van der Waals surface area contributed by atoms with E-state index in [4.69, 9.17) is 4.74 Å². The molecule has 0 fully saturated rings. The average molecular weight is 446 g/mol. The summed E-state index contributed by atoms with van der Waals surface area (Å²) in [6.07, 6.45) is 0.884. The van der Waals surface area contributed by atoms with E-state index in [9.17, 15) is 14.0 Å². The topological polar surface area (TPSA) is 88.5 Å². The van der Waals surface area contributed by atoms with Gasteiger partial charge in [-0.05, 0) is 43.6 Å². The number of carbonyl (C=O) groups is 2. The van der Waals surface area contributed by atoms with E-state index in [1.807, 2.05) is 32.4 Å². The Labute approximate surface area is 188 Å². The Morgan fingerprint density at radius 1 is 1.25 bits per heavy atom. The first-order valence-corrected chi connectivity index (χ1v) is 10.7. The molecular formula is C23H32FN5O3.